The molecular formula is C16H17N3. The van der Waals surface area contributed by atoms with Crippen molar-refractivity contribution in [2.75, 3.05) is 11.9 Å². The predicted octanol–water partition coefficient (Wildman–Crippen LogP) is 3.21. The molecule has 0 N–H and O–H groups in total. The molecule has 0 unspecified atom stereocenters. The first-order chi connectivity index (χ1) is 9.11. The van der Waals surface area contributed by atoms with Gasteiger partial charge >= 0.3 is 0 Å². The fraction of sp³-hybridized carbons (Fsp3) is 0.250. The Balaban J connectivity index is 2.25. The Kier molecular flexibility index (Phi) is 3.82. The van der Waals surface area contributed by atoms with Gasteiger partial charge in [-0.2, -0.15) is 5.26 Å². The average Bonchev–Trinajstić information content (AvgIpc) is 2.41. The third-order valence-corrected chi connectivity index (χ3v) is 3.15. The van der Waals surface area contributed by atoms with Gasteiger partial charge in [-0.1, -0.05) is 29.8 Å². The van der Waals surface area contributed by atoms with Gasteiger partial charge < -0.3 is 4.90 Å². The highest BCUT2D eigenvalue weighted by molar-refractivity contribution is 5.56. The molecule has 96 valence electrons. The van der Waals surface area contributed by atoms with E-state index >= 15 is 0 Å². The van der Waals surface area contributed by atoms with Gasteiger partial charge in [0.25, 0.3) is 0 Å². The van der Waals surface area contributed by atoms with Gasteiger partial charge in [0.1, 0.15) is 11.9 Å². The molecular weight excluding hydrogens is 234 g/mol. The molecule has 1 aromatic heterocycles. The first-order valence-corrected chi connectivity index (χ1v) is 6.24. The lowest BCUT2D eigenvalue weighted by molar-refractivity contribution is 0.892. The molecule has 3 heteroatoms. The Bertz CT molecular complexity index is 609. The Hall–Kier alpha value is -2.34. The fourth-order valence-electron chi connectivity index (χ4n) is 2.01. The molecule has 0 spiro atoms. The smallest absolute Gasteiger partial charge is 0.146 e. The topological polar surface area (TPSA) is 39.9 Å². The number of hydrogen-bond acceptors (Lipinski definition) is 3. The number of aromatic nitrogens is 1. The second-order valence-electron chi connectivity index (χ2n) is 4.78. The predicted molar refractivity (Wildman–Crippen MR) is 77.0 cm³/mol. The molecule has 2 aromatic rings. The largest absolute Gasteiger partial charge is 0.354 e. The Morgan fingerprint density at radius 1 is 1.16 bits per heavy atom. The molecule has 0 fully saturated rings. The quantitative estimate of drug-likeness (QED) is 0.841. The van der Waals surface area contributed by atoms with Gasteiger partial charge in [0.15, 0.2) is 0 Å². The van der Waals surface area contributed by atoms with Crippen molar-refractivity contribution in [1.82, 2.24) is 4.98 Å². The highest BCUT2D eigenvalue weighted by atomic mass is 15.2. The van der Waals surface area contributed by atoms with Crippen molar-refractivity contribution in [3.05, 3.63) is 58.8 Å². The number of hydrogen-bond donors (Lipinski definition) is 0. The van der Waals surface area contributed by atoms with Crippen LogP contribution < -0.4 is 4.90 Å². The van der Waals surface area contributed by atoms with Crippen molar-refractivity contribution in [3.63, 3.8) is 0 Å². The van der Waals surface area contributed by atoms with Crippen molar-refractivity contribution in [3.8, 4) is 6.07 Å². The zero-order valence-electron chi connectivity index (χ0n) is 11.5. The summed E-state index contributed by atoms with van der Waals surface area (Å²) in [5.41, 5.74) is 4.07. The van der Waals surface area contributed by atoms with E-state index in [2.05, 4.69) is 42.2 Å². The summed E-state index contributed by atoms with van der Waals surface area (Å²) in [5, 5.41) is 9.23. The molecule has 0 atom stereocenters. The molecule has 2 rings (SSSR count). The van der Waals surface area contributed by atoms with Gasteiger partial charge in [-0.25, -0.2) is 4.98 Å². The SMILES string of the molecule is Cc1ccc(CN(C)c2nccc(C)c2C#N)cc1. The summed E-state index contributed by atoms with van der Waals surface area (Å²) < 4.78 is 0. The van der Waals surface area contributed by atoms with E-state index in [1.165, 1.54) is 11.1 Å². The molecule has 1 heterocycles. The van der Waals surface area contributed by atoms with Crippen LogP contribution in [0.3, 0.4) is 0 Å². The van der Waals surface area contributed by atoms with Crippen molar-refractivity contribution < 1.29 is 0 Å². The number of benzene rings is 1. The number of anilines is 1. The van der Waals surface area contributed by atoms with E-state index in [1.54, 1.807) is 6.20 Å². The van der Waals surface area contributed by atoms with Gasteiger partial charge in [0, 0.05) is 19.8 Å². The molecule has 0 aliphatic rings. The Labute approximate surface area is 114 Å². The Morgan fingerprint density at radius 3 is 2.47 bits per heavy atom. The van der Waals surface area contributed by atoms with Crippen molar-refractivity contribution >= 4 is 5.82 Å². The lowest BCUT2D eigenvalue weighted by Gasteiger charge is -2.20. The van der Waals surface area contributed by atoms with Gasteiger partial charge in [0.05, 0.1) is 5.56 Å². The molecule has 0 saturated heterocycles. The third kappa shape index (κ3) is 2.92. The van der Waals surface area contributed by atoms with Crippen LogP contribution in [0.5, 0.6) is 0 Å². The Morgan fingerprint density at radius 2 is 1.84 bits per heavy atom. The highest BCUT2D eigenvalue weighted by Gasteiger charge is 2.11. The van der Waals surface area contributed by atoms with E-state index in [0.717, 1.165) is 17.9 Å². The summed E-state index contributed by atoms with van der Waals surface area (Å²) in [6.07, 6.45) is 1.75. The molecule has 0 bridgehead atoms. The van der Waals surface area contributed by atoms with E-state index < -0.39 is 0 Å². The average molecular weight is 251 g/mol. The lowest BCUT2D eigenvalue weighted by Crippen LogP contribution is -2.19. The van der Waals surface area contributed by atoms with Crippen LogP contribution in [-0.2, 0) is 6.54 Å². The first kappa shape index (κ1) is 13.1. The minimum Gasteiger partial charge on any atom is -0.354 e. The van der Waals surface area contributed by atoms with Crippen LogP contribution in [0.2, 0.25) is 0 Å². The van der Waals surface area contributed by atoms with Crippen molar-refractivity contribution in [2.45, 2.75) is 20.4 Å². The second kappa shape index (κ2) is 5.53. The van der Waals surface area contributed by atoms with Crippen LogP contribution in [0.4, 0.5) is 5.82 Å². The summed E-state index contributed by atoms with van der Waals surface area (Å²) in [6.45, 7) is 4.75. The monoisotopic (exact) mass is 251 g/mol. The normalized spacial score (nSPS) is 10.0. The van der Waals surface area contributed by atoms with Gasteiger partial charge in [-0.05, 0) is 31.0 Å². The highest BCUT2D eigenvalue weighted by Crippen LogP contribution is 2.20. The number of rotatable bonds is 3. The van der Waals surface area contributed by atoms with Crippen LogP contribution in [0, 0.1) is 25.2 Å². The molecule has 0 radical (unpaired) electrons. The fourth-order valence-corrected chi connectivity index (χ4v) is 2.01. The summed E-state index contributed by atoms with van der Waals surface area (Å²) in [5.74, 6) is 0.739. The lowest BCUT2D eigenvalue weighted by atomic mass is 10.1. The number of aryl methyl sites for hydroxylation is 2. The summed E-state index contributed by atoms with van der Waals surface area (Å²) in [7, 11) is 1.96. The summed E-state index contributed by atoms with van der Waals surface area (Å²) >= 11 is 0. The minimum atomic E-state index is 0.650. The van der Waals surface area contributed by atoms with E-state index in [0.29, 0.717) is 5.56 Å². The zero-order chi connectivity index (χ0) is 13.8. The molecule has 0 amide bonds. The number of nitriles is 1. The maximum atomic E-state index is 9.23. The zero-order valence-corrected chi connectivity index (χ0v) is 11.5. The van der Waals surface area contributed by atoms with E-state index in [1.807, 2.05) is 24.9 Å². The molecule has 3 nitrogen and oxygen atoms in total. The standard InChI is InChI=1S/C16H17N3/c1-12-4-6-14(7-5-12)11-19(3)16-15(10-17)13(2)8-9-18-16/h4-9H,11H2,1-3H3. The molecule has 0 saturated carbocycles. The van der Waals surface area contributed by atoms with Gasteiger partial charge in [0.2, 0.25) is 0 Å². The summed E-state index contributed by atoms with van der Waals surface area (Å²) in [6, 6.07) is 12.5. The van der Waals surface area contributed by atoms with Crippen LogP contribution in [0.15, 0.2) is 36.5 Å². The number of nitrogens with zero attached hydrogens (tertiary/aromatic N) is 3. The van der Waals surface area contributed by atoms with Crippen LogP contribution in [0.25, 0.3) is 0 Å². The first-order valence-electron chi connectivity index (χ1n) is 6.24. The van der Waals surface area contributed by atoms with E-state index in [-0.39, 0.29) is 0 Å². The maximum absolute atomic E-state index is 9.23. The molecule has 0 aliphatic heterocycles. The van der Waals surface area contributed by atoms with Gasteiger partial charge in [-0.15, -0.1) is 0 Å². The third-order valence-electron chi connectivity index (χ3n) is 3.15. The maximum Gasteiger partial charge on any atom is 0.146 e. The molecule has 0 aliphatic carbocycles. The van der Waals surface area contributed by atoms with Crippen molar-refractivity contribution in [2.24, 2.45) is 0 Å². The molecule has 19 heavy (non-hydrogen) atoms. The summed E-state index contributed by atoms with van der Waals surface area (Å²) in [4.78, 5) is 6.34. The van der Waals surface area contributed by atoms with Gasteiger partial charge in [-0.3, -0.25) is 0 Å². The van der Waals surface area contributed by atoms with Crippen LogP contribution in [0.1, 0.15) is 22.3 Å². The number of pyridine rings is 1. The van der Waals surface area contributed by atoms with Crippen molar-refractivity contribution in [1.29, 1.82) is 5.26 Å². The van der Waals surface area contributed by atoms with E-state index in [4.69, 9.17) is 0 Å². The van der Waals surface area contributed by atoms with Crippen LogP contribution in [-0.4, -0.2) is 12.0 Å². The molecule has 1 aromatic carbocycles. The van der Waals surface area contributed by atoms with E-state index in [9.17, 15) is 5.26 Å². The minimum absolute atomic E-state index is 0.650. The second-order valence-corrected chi connectivity index (χ2v) is 4.78. The van der Waals surface area contributed by atoms with Crippen LogP contribution >= 0.6 is 0 Å².